The molecule has 2 unspecified atom stereocenters. The van der Waals surface area contributed by atoms with Crippen LogP contribution in [0.25, 0.3) is 0 Å². The molecule has 0 aromatic rings. The van der Waals surface area contributed by atoms with E-state index in [9.17, 15) is 8.78 Å². The van der Waals surface area contributed by atoms with Crippen LogP contribution in [0.2, 0.25) is 0 Å². The Labute approximate surface area is 42.5 Å². The molecule has 0 heterocycles. The van der Waals surface area contributed by atoms with Crippen LogP contribution in [0.4, 0.5) is 8.78 Å². The highest BCUT2D eigenvalue weighted by Crippen LogP contribution is 2.04. The van der Waals surface area contributed by atoms with Crippen molar-refractivity contribution in [2.24, 2.45) is 0 Å². The van der Waals surface area contributed by atoms with Crippen LogP contribution in [-0.2, 0) is 0 Å². The van der Waals surface area contributed by atoms with Crippen molar-refractivity contribution in [3.05, 3.63) is 6.92 Å². The fraction of sp³-hybridized carbons (Fsp3) is 0.800. The second-order valence-corrected chi connectivity index (χ2v) is 1.48. The van der Waals surface area contributed by atoms with Crippen molar-refractivity contribution in [2.45, 2.75) is 25.7 Å². The van der Waals surface area contributed by atoms with Gasteiger partial charge in [0.15, 0.2) is 0 Å². The first-order valence-electron chi connectivity index (χ1n) is 2.26. The molecule has 43 valence electrons. The molecule has 0 nitrogen and oxygen atoms in total. The first kappa shape index (κ1) is 6.86. The molecule has 0 spiro atoms. The maximum Gasteiger partial charge on any atom is 0.131 e. The normalized spacial score (nSPS) is 18.9. The smallest absolute Gasteiger partial charge is 0.131 e. The van der Waals surface area contributed by atoms with E-state index < -0.39 is 12.3 Å². The summed E-state index contributed by atoms with van der Waals surface area (Å²) >= 11 is 0. The van der Waals surface area contributed by atoms with Gasteiger partial charge in [0.1, 0.15) is 12.3 Å². The van der Waals surface area contributed by atoms with Crippen LogP contribution in [0, 0.1) is 6.92 Å². The van der Waals surface area contributed by atoms with E-state index in [4.69, 9.17) is 0 Å². The summed E-state index contributed by atoms with van der Waals surface area (Å²) < 4.78 is 23.5. The van der Waals surface area contributed by atoms with Crippen LogP contribution in [0.3, 0.4) is 0 Å². The molecule has 0 aliphatic rings. The molecule has 0 aromatic heterocycles. The average Bonchev–Trinajstić information content (AvgIpc) is 1.65. The van der Waals surface area contributed by atoms with Gasteiger partial charge in [-0.05, 0) is 13.3 Å². The maximum atomic E-state index is 11.8. The van der Waals surface area contributed by atoms with E-state index in [0.29, 0.717) is 0 Å². The minimum absolute atomic E-state index is 0.0255. The van der Waals surface area contributed by atoms with Crippen molar-refractivity contribution in [1.29, 1.82) is 0 Å². The van der Waals surface area contributed by atoms with E-state index in [-0.39, 0.29) is 6.42 Å². The number of rotatable bonds is 2. The summed E-state index contributed by atoms with van der Waals surface area (Å²) in [5.74, 6) is 0. The second-order valence-electron chi connectivity index (χ2n) is 1.48. The first-order valence-corrected chi connectivity index (χ1v) is 2.26. The van der Waals surface area contributed by atoms with Gasteiger partial charge >= 0.3 is 0 Å². The highest BCUT2D eigenvalue weighted by atomic mass is 19.2. The molecule has 2 heteroatoms. The van der Waals surface area contributed by atoms with Gasteiger partial charge in [0, 0.05) is 0 Å². The molecule has 2 atom stereocenters. The Hall–Kier alpha value is -0.140. The third-order valence-corrected chi connectivity index (χ3v) is 0.774. The summed E-state index contributed by atoms with van der Waals surface area (Å²) in [5.41, 5.74) is 0. The summed E-state index contributed by atoms with van der Waals surface area (Å²) in [5, 5.41) is 0. The molecule has 0 aliphatic carbocycles. The van der Waals surface area contributed by atoms with E-state index >= 15 is 0 Å². The molecule has 0 aliphatic heterocycles. The predicted molar refractivity (Wildman–Crippen MR) is 25.4 cm³/mol. The van der Waals surface area contributed by atoms with E-state index in [1.54, 1.807) is 0 Å². The summed E-state index contributed by atoms with van der Waals surface area (Å²) in [6, 6.07) is 0. The Morgan fingerprint density at radius 3 is 2.00 bits per heavy atom. The molecule has 7 heavy (non-hydrogen) atoms. The molecule has 0 N–H and O–H groups in total. The average molecular weight is 107 g/mol. The molecule has 0 rings (SSSR count). The Balaban J connectivity index is 3.14. The third kappa shape index (κ3) is 2.54. The first-order chi connectivity index (χ1) is 3.18. The lowest BCUT2D eigenvalue weighted by Gasteiger charge is -2.02. The molecular formula is C5H9F2. The molecule has 0 amide bonds. The largest absolute Gasteiger partial charge is 0.245 e. The zero-order valence-corrected chi connectivity index (χ0v) is 4.32. The van der Waals surface area contributed by atoms with E-state index in [0.717, 1.165) is 0 Å². The van der Waals surface area contributed by atoms with Crippen molar-refractivity contribution >= 4 is 0 Å². The minimum Gasteiger partial charge on any atom is -0.245 e. The third-order valence-electron chi connectivity index (χ3n) is 0.774. The van der Waals surface area contributed by atoms with Crippen molar-refractivity contribution in [1.82, 2.24) is 0 Å². The van der Waals surface area contributed by atoms with Crippen LogP contribution in [0.1, 0.15) is 13.3 Å². The summed E-state index contributed by atoms with van der Waals surface area (Å²) in [7, 11) is 0. The molecule has 0 saturated heterocycles. The molecule has 0 fully saturated rings. The Morgan fingerprint density at radius 1 is 1.57 bits per heavy atom. The van der Waals surface area contributed by atoms with Crippen molar-refractivity contribution in [3.8, 4) is 0 Å². The van der Waals surface area contributed by atoms with Gasteiger partial charge in [-0.15, -0.1) is 0 Å². The predicted octanol–water partition coefficient (Wildman–Crippen LogP) is 1.91. The van der Waals surface area contributed by atoms with Gasteiger partial charge in [0.2, 0.25) is 0 Å². The minimum atomic E-state index is -1.38. The molecular weight excluding hydrogens is 98.1 g/mol. The lowest BCUT2D eigenvalue weighted by atomic mass is 10.2. The fourth-order valence-corrected chi connectivity index (χ4v) is 0.230. The van der Waals surface area contributed by atoms with Gasteiger partial charge in [-0.3, -0.25) is 0 Å². The SMILES string of the molecule is [CH2]CC(F)C(C)F. The highest BCUT2D eigenvalue weighted by molar-refractivity contribution is 4.62. The zero-order chi connectivity index (χ0) is 5.86. The topological polar surface area (TPSA) is 0 Å². The lowest BCUT2D eigenvalue weighted by molar-refractivity contribution is 0.184. The van der Waals surface area contributed by atoms with Crippen LogP contribution in [-0.4, -0.2) is 12.3 Å². The summed E-state index contributed by atoms with van der Waals surface area (Å²) in [6.45, 7) is 4.38. The number of alkyl halides is 2. The molecule has 0 bridgehead atoms. The monoisotopic (exact) mass is 107 g/mol. The zero-order valence-electron chi connectivity index (χ0n) is 4.32. The van der Waals surface area contributed by atoms with Crippen LogP contribution < -0.4 is 0 Å². The Kier molecular flexibility index (Phi) is 2.88. The van der Waals surface area contributed by atoms with Gasteiger partial charge in [-0.2, -0.15) is 0 Å². The standard InChI is InChI=1S/C5H9F2/c1-3-5(7)4(2)6/h4-5H,1,3H2,2H3. The lowest BCUT2D eigenvalue weighted by Crippen LogP contribution is -2.10. The van der Waals surface area contributed by atoms with Crippen LogP contribution in [0.5, 0.6) is 0 Å². The molecule has 0 aromatic carbocycles. The van der Waals surface area contributed by atoms with E-state index in [1.165, 1.54) is 6.92 Å². The van der Waals surface area contributed by atoms with Gasteiger partial charge in [0.05, 0.1) is 0 Å². The van der Waals surface area contributed by atoms with Gasteiger partial charge < -0.3 is 0 Å². The Morgan fingerprint density at radius 2 is 2.00 bits per heavy atom. The van der Waals surface area contributed by atoms with Crippen molar-refractivity contribution in [3.63, 3.8) is 0 Å². The number of hydrogen-bond donors (Lipinski definition) is 0. The van der Waals surface area contributed by atoms with Gasteiger partial charge in [-0.1, -0.05) is 6.92 Å². The van der Waals surface area contributed by atoms with Crippen LogP contribution in [0.15, 0.2) is 0 Å². The fourth-order valence-electron chi connectivity index (χ4n) is 0.230. The van der Waals surface area contributed by atoms with Gasteiger partial charge in [0.25, 0.3) is 0 Å². The van der Waals surface area contributed by atoms with Crippen molar-refractivity contribution < 1.29 is 8.78 Å². The molecule has 1 radical (unpaired) electrons. The van der Waals surface area contributed by atoms with Crippen LogP contribution >= 0.6 is 0 Å². The summed E-state index contributed by atoms with van der Waals surface area (Å²) in [4.78, 5) is 0. The Bertz CT molecular complexity index is 43.3. The van der Waals surface area contributed by atoms with Crippen molar-refractivity contribution in [2.75, 3.05) is 0 Å². The van der Waals surface area contributed by atoms with E-state index in [1.807, 2.05) is 0 Å². The van der Waals surface area contributed by atoms with Gasteiger partial charge in [-0.25, -0.2) is 8.78 Å². The quantitative estimate of drug-likeness (QED) is 0.505. The maximum absolute atomic E-state index is 11.8. The number of hydrogen-bond acceptors (Lipinski definition) is 0. The highest BCUT2D eigenvalue weighted by Gasteiger charge is 2.10. The summed E-state index contributed by atoms with van der Waals surface area (Å²) in [6.07, 6.45) is -2.71. The second kappa shape index (κ2) is 2.94. The van der Waals surface area contributed by atoms with E-state index in [2.05, 4.69) is 6.92 Å². The number of halogens is 2. The molecule has 0 saturated carbocycles.